The van der Waals surface area contributed by atoms with E-state index in [0.29, 0.717) is 26.5 Å². The number of aromatic nitrogens is 4. The van der Waals surface area contributed by atoms with Gasteiger partial charge in [-0.05, 0) is 12.1 Å². The van der Waals surface area contributed by atoms with Crippen molar-refractivity contribution >= 4 is 58.3 Å². The molecule has 0 atom stereocenters. The van der Waals surface area contributed by atoms with Crippen LogP contribution in [0.2, 0.25) is 0 Å². The fraction of sp³-hybridized carbons (Fsp3) is 0. The van der Waals surface area contributed by atoms with Crippen LogP contribution in [0.4, 0.5) is 0 Å². The predicted octanol–water partition coefficient (Wildman–Crippen LogP) is 6.40. The number of hydrogen-bond donors (Lipinski definition) is 0. The van der Waals surface area contributed by atoms with E-state index in [9.17, 15) is 4.79 Å². The fourth-order valence-corrected chi connectivity index (χ4v) is 6.38. The van der Waals surface area contributed by atoms with E-state index in [1.807, 2.05) is 84.9 Å². The average molecular weight is 463 g/mol. The van der Waals surface area contributed by atoms with Crippen LogP contribution < -0.4 is 5.56 Å². The molecule has 7 heteroatoms. The summed E-state index contributed by atoms with van der Waals surface area (Å²) < 4.78 is 3.62. The van der Waals surface area contributed by atoms with Gasteiger partial charge in [-0.2, -0.15) is 0 Å². The van der Waals surface area contributed by atoms with E-state index in [2.05, 4.69) is 0 Å². The Hall–Kier alpha value is -3.94. The molecule has 0 spiro atoms. The molecule has 0 bridgehead atoms. The average Bonchev–Trinajstić information content (AvgIpc) is 3.43. The van der Waals surface area contributed by atoms with Crippen molar-refractivity contribution in [1.82, 2.24) is 19.4 Å². The van der Waals surface area contributed by atoms with E-state index in [0.717, 1.165) is 31.7 Å². The van der Waals surface area contributed by atoms with Crippen molar-refractivity contribution in [3.8, 4) is 22.6 Å². The second kappa shape index (κ2) is 7.03. The number of fused-ring (bicyclic) bond motifs is 6. The van der Waals surface area contributed by atoms with E-state index in [4.69, 9.17) is 15.0 Å². The summed E-state index contributed by atoms with van der Waals surface area (Å²) in [6, 6.07) is 27.8. The highest BCUT2D eigenvalue weighted by molar-refractivity contribution is 7.26. The quantitative estimate of drug-likeness (QED) is 0.298. The van der Waals surface area contributed by atoms with Gasteiger partial charge in [0.15, 0.2) is 10.8 Å². The Morgan fingerprint density at radius 3 is 2.18 bits per heavy atom. The summed E-state index contributed by atoms with van der Waals surface area (Å²) in [6.07, 6.45) is 0. The first-order valence-corrected chi connectivity index (χ1v) is 12.1. The van der Waals surface area contributed by atoms with E-state index in [1.54, 1.807) is 4.40 Å². The van der Waals surface area contributed by atoms with Crippen molar-refractivity contribution in [3.63, 3.8) is 0 Å². The van der Waals surface area contributed by atoms with Crippen LogP contribution in [-0.2, 0) is 0 Å². The molecule has 0 N–H and O–H groups in total. The largest absolute Gasteiger partial charge is 0.270 e. The van der Waals surface area contributed by atoms with Crippen molar-refractivity contribution in [2.45, 2.75) is 0 Å². The molecule has 0 saturated heterocycles. The highest BCUT2D eigenvalue weighted by atomic mass is 32.1. The van der Waals surface area contributed by atoms with Crippen LogP contribution in [0.1, 0.15) is 0 Å². The summed E-state index contributed by atoms with van der Waals surface area (Å²) in [4.78, 5) is 29.9. The molecule has 0 amide bonds. The summed E-state index contributed by atoms with van der Waals surface area (Å²) in [5, 5.41) is 0.549. The minimum absolute atomic E-state index is 0.0876. The van der Waals surface area contributed by atoms with E-state index in [1.165, 1.54) is 22.7 Å². The standard InChI is InChI=1S/C26H14N4OS2/c31-25-19-21-22(33-24(19)29-26-30(25)17-13-7-8-14-18(17)32-26)20(15-9-3-1-4-10-15)27-23(28-21)16-11-5-2-6-12-16/h1-14H. The third-order valence-electron chi connectivity index (χ3n) is 5.71. The van der Waals surface area contributed by atoms with Gasteiger partial charge in [-0.1, -0.05) is 84.1 Å². The highest BCUT2D eigenvalue weighted by Gasteiger charge is 2.21. The number of thiophene rings is 1. The van der Waals surface area contributed by atoms with Crippen molar-refractivity contribution in [2.24, 2.45) is 0 Å². The Labute approximate surface area is 195 Å². The van der Waals surface area contributed by atoms with E-state index >= 15 is 0 Å². The normalized spacial score (nSPS) is 11.8. The van der Waals surface area contributed by atoms with Crippen LogP contribution in [0.15, 0.2) is 89.7 Å². The number of nitrogens with zero attached hydrogens (tertiary/aromatic N) is 4. The van der Waals surface area contributed by atoms with Gasteiger partial charge in [-0.3, -0.25) is 9.20 Å². The first-order valence-electron chi connectivity index (χ1n) is 10.4. The smallest absolute Gasteiger partial charge is 0.268 e. The van der Waals surface area contributed by atoms with Crippen LogP contribution in [0.25, 0.3) is 58.3 Å². The predicted molar refractivity (Wildman–Crippen MR) is 136 cm³/mol. The fourth-order valence-electron chi connectivity index (χ4n) is 4.19. The molecule has 0 fully saturated rings. The van der Waals surface area contributed by atoms with Crippen molar-refractivity contribution in [1.29, 1.82) is 0 Å². The maximum atomic E-state index is 13.8. The van der Waals surface area contributed by atoms with Gasteiger partial charge in [0.25, 0.3) is 5.56 Å². The number of thiazole rings is 1. The summed E-state index contributed by atoms with van der Waals surface area (Å²) in [6.45, 7) is 0. The molecule has 3 aromatic carbocycles. The number of benzene rings is 3. The van der Waals surface area contributed by atoms with Crippen molar-refractivity contribution in [2.75, 3.05) is 0 Å². The zero-order valence-electron chi connectivity index (χ0n) is 17.1. The third kappa shape index (κ3) is 2.76. The minimum atomic E-state index is -0.0876. The molecule has 4 heterocycles. The van der Waals surface area contributed by atoms with E-state index in [-0.39, 0.29) is 5.56 Å². The Kier molecular flexibility index (Phi) is 3.97. The Morgan fingerprint density at radius 1 is 0.697 bits per heavy atom. The SMILES string of the molecule is O=c1c2c(nc3sc4ccccc4n13)sc1c(-c3ccccc3)nc(-c3ccccc3)nc12. The molecule has 7 aromatic rings. The Morgan fingerprint density at radius 2 is 1.39 bits per heavy atom. The van der Waals surface area contributed by atoms with Crippen LogP contribution >= 0.6 is 22.7 Å². The van der Waals surface area contributed by atoms with E-state index < -0.39 is 0 Å². The van der Waals surface area contributed by atoms with Gasteiger partial charge >= 0.3 is 0 Å². The highest BCUT2D eigenvalue weighted by Crippen LogP contribution is 2.38. The first kappa shape index (κ1) is 18.6. The van der Waals surface area contributed by atoms with Gasteiger partial charge < -0.3 is 0 Å². The van der Waals surface area contributed by atoms with Crippen LogP contribution in [-0.4, -0.2) is 19.4 Å². The second-order valence-corrected chi connectivity index (χ2v) is 9.70. The topological polar surface area (TPSA) is 60.2 Å². The number of rotatable bonds is 2. The molecule has 0 aliphatic carbocycles. The summed E-state index contributed by atoms with van der Waals surface area (Å²) >= 11 is 3.01. The molecular weight excluding hydrogens is 448 g/mol. The molecule has 7 rings (SSSR count). The summed E-state index contributed by atoms with van der Waals surface area (Å²) in [7, 11) is 0. The maximum absolute atomic E-state index is 13.8. The van der Waals surface area contributed by atoms with Crippen molar-refractivity contribution in [3.05, 3.63) is 95.3 Å². The Bertz CT molecular complexity index is 1890. The Balaban J connectivity index is 1.66. The molecule has 0 saturated carbocycles. The maximum Gasteiger partial charge on any atom is 0.270 e. The van der Waals surface area contributed by atoms with Gasteiger partial charge in [0, 0.05) is 11.1 Å². The van der Waals surface area contributed by atoms with Crippen LogP contribution in [0.5, 0.6) is 0 Å². The lowest BCUT2D eigenvalue weighted by atomic mass is 10.1. The molecule has 4 aromatic heterocycles. The molecule has 0 unspecified atom stereocenters. The monoisotopic (exact) mass is 462 g/mol. The summed E-state index contributed by atoms with van der Waals surface area (Å²) in [5.74, 6) is 0.598. The lowest BCUT2D eigenvalue weighted by Gasteiger charge is -2.06. The first-order chi connectivity index (χ1) is 16.3. The molecule has 0 aliphatic rings. The minimum Gasteiger partial charge on any atom is -0.268 e. The van der Waals surface area contributed by atoms with Gasteiger partial charge in [0.1, 0.15) is 15.7 Å². The lowest BCUT2D eigenvalue weighted by molar-refractivity contribution is 1.16. The van der Waals surface area contributed by atoms with Gasteiger partial charge in [0.2, 0.25) is 0 Å². The number of para-hydroxylation sites is 1. The third-order valence-corrected chi connectivity index (χ3v) is 7.81. The summed E-state index contributed by atoms with van der Waals surface area (Å²) in [5.41, 5.74) is 4.16. The zero-order chi connectivity index (χ0) is 21.9. The molecule has 156 valence electrons. The van der Waals surface area contributed by atoms with Gasteiger partial charge in [0.05, 0.1) is 20.6 Å². The molecule has 5 nitrogen and oxygen atoms in total. The van der Waals surface area contributed by atoms with Gasteiger partial charge in [-0.15, -0.1) is 11.3 Å². The van der Waals surface area contributed by atoms with Gasteiger partial charge in [-0.25, -0.2) is 15.0 Å². The second-order valence-electron chi connectivity index (χ2n) is 7.69. The molecule has 0 radical (unpaired) electrons. The molecule has 33 heavy (non-hydrogen) atoms. The van der Waals surface area contributed by atoms with Crippen molar-refractivity contribution < 1.29 is 0 Å². The van der Waals surface area contributed by atoms with Crippen LogP contribution in [0, 0.1) is 0 Å². The zero-order valence-corrected chi connectivity index (χ0v) is 18.7. The molecule has 0 aliphatic heterocycles. The molecular formula is C26H14N4OS2. The number of hydrogen-bond acceptors (Lipinski definition) is 6. The van der Waals surface area contributed by atoms with Crippen LogP contribution in [0.3, 0.4) is 0 Å². The lowest BCUT2D eigenvalue weighted by Crippen LogP contribution is -2.13.